The van der Waals surface area contributed by atoms with Crippen LogP contribution < -0.4 is 4.74 Å². The minimum Gasteiger partial charge on any atom is -0.481 e. The molecule has 18 heavy (non-hydrogen) atoms. The van der Waals surface area contributed by atoms with Crippen LogP contribution in [0.4, 0.5) is 0 Å². The summed E-state index contributed by atoms with van der Waals surface area (Å²) in [5, 5.41) is 0. The molecule has 0 atom stereocenters. The molecule has 2 rings (SSSR count). The maximum atomic E-state index is 5.16. The molecule has 0 N–H and O–H groups in total. The number of ether oxygens (including phenoxy) is 1. The molecule has 0 amide bonds. The van der Waals surface area contributed by atoms with Crippen molar-refractivity contribution >= 4 is 0 Å². The molecule has 1 aromatic heterocycles. The van der Waals surface area contributed by atoms with E-state index in [-0.39, 0.29) is 0 Å². The Morgan fingerprint density at radius 1 is 1.39 bits per heavy atom. The molecule has 1 aromatic rings. The Kier molecular flexibility index (Phi) is 4.55. The number of hydrogen-bond donors (Lipinski definition) is 0. The molecule has 0 saturated carbocycles. The Labute approximate surface area is 110 Å². The van der Waals surface area contributed by atoms with Crippen LogP contribution in [0, 0.1) is 0 Å². The predicted molar refractivity (Wildman–Crippen MR) is 72.8 cm³/mol. The predicted octanol–water partition coefficient (Wildman–Crippen LogP) is 1.62. The molecule has 0 bridgehead atoms. The van der Waals surface area contributed by atoms with Gasteiger partial charge in [0.1, 0.15) is 0 Å². The highest BCUT2D eigenvalue weighted by molar-refractivity contribution is 5.20. The van der Waals surface area contributed by atoms with E-state index in [2.05, 4.69) is 34.9 Å². The second-order valence-electron chi connectivity index (χ2n) is 5.18. The summed E-state index contributed by atoms with van der Waals surface area (Å²) in [7, 11) is 6.01. The SMILES string of the molecule is COc1cc(CN2CCC(N(C)C)CC2)ccn1. The molecule has 0 unspecified atom stereocenters. The Bertz CT molecular complexity index is 373. The van der Waals surface area contributed by atoms with Crippen LogP contribution in [0.1, 0.15) is 18.4 Å². The van der Waals surface area contributed by atoms with Gasteiger partial charge >= 0.3 is 0 Å². The molecule has 1 fully saturated rings. The summed E-state index contributed by atoms with van der Waals surface area (Å²) in [5.41, 5.74) is 1.28. The monoisotopic (exact) mass is 249 g/mol. The van der Waals surface area contributed by atoms with Crippen LogP contribution in [0.5, 0.6) is 5.88 Å². The first-order valence-corrected chi connectivity index (χ1v) is 6.56. The van der Waals surface area contributed by atoms with E-state index in [9.17, 15) is 0 Å². The Morgan fingerprint density at radius 2 is 2.11 bits per heavy atom. The third-order valence-electron chi connectivity index (χ3n) is 3.70. The fourth-order valence-corrected chi connectivity index (χ4v) is 2.51. The summed E-state index contributed by atoms with van der Waals surface area (Å²) in [4.78, 5) is 8.99. The highest BCUT2D eigenvalue weighted by Gasteiger charge is 2.20. The second kappa shape index (κ2) is 6.16. The van der Waals surface area contributed by atoms with Gasteiger partial charge in [-0.25, -0.2) is 4.98 Å². The van der Waals surface area contributed by atoms with Crippen molar-refractivity contribution in [1.82, 2.24) is 14.8 Å². The van der Waals surface area contributed by atoms with Crippen molar-refractivity contribution in [2.75, 3.05) is 34.3 Å². The van der Waals surface area contributed by atoms with Gasteiger partial charge in [-0.3, -0.25) is 4.90 Å². The van der Waals surface area contributed by atoms with Crippen LogP contribution in [-0.4, -0.2) is 55.1 Å². The smallest absolute Gasteiger partial charge is 0.213 e. The van der Waals surface area contributed by atoms with E-state index in [4.69, 9.17) is 4.74 Å². The van der Waals surface area contributed by atoms with E-state index in [1.807, 2.05) is 12.3 Å². The maximum Gasteiger partial charge on any atom is 0.213 e. The van der Waals surface area contributed by atoms with Crippen LogP contribution in [0.15, 0.2) is 18.3 Å². The topological polar surface area (TPSA) is 28.6 Å². The number of nitrogens with zero attached hydrogens (tertiary/aromatic N) is 3. The van der Waals surface area contributed by atoms with Gasteiger partial charge in [-0.2, -0.15) is 0 Å². The summed E-state index contributed by atoms with van der Waals surface area (Å²) in [6, 6.07) is 4.84. The summed E-state index contributed by atoms with van der Waals surface area (Å²) in [6.45, 7) is 3.35. The third kappa shape index (κ3) is 3.43. The fraction of sp³-hybridized carbons (Fsp3) is 0.643. The van der Waals surface area contributed by atoms with Crippen LogP contribution in [0.3, 0.4) is 0 Å². The molecule has 1 aliphatic heterocycles. The van der Waals surface area contributed by atoms with Crippen molar-refractivity contribution in [3.05, 3.63) is 23.9 Å². The molecule has 0 spiro atoms. The van der Waals surface area contributed by atoms with E-state index in [1.54, 1.807) is 7.11 Å². The van der Waals surface area contributed by atoms with Gasteiger partial charge in [-0.15, -0.1) is 0 Å². The van der Waals surface area contributed by atoms with Crippen molar-refractivity contribution in [2.24, 2.45) is 0 Å². The highest BCUT2D eigenvalue weighted by Crippen LogP contribution is 2.17. The molecule has 0 aromatic carbocycles. The largest absolute Gasteiger partial charge is 0.481 e. The molecule has 2 heterocycles. The van der Waals surface area contributed by atoms with Crippen molar-refractivity contribution in [1.29, 1.82) is 0 Å². The zero-order valence-corrected chi connectivity index (χ0v) is 11.6. The van der Waals surface area contributed by atoms with Crippen molar-refractivity contribution in [2.45, 2.75) is 25.4 Å². The van der Waals surface area contributed by atoms with Gasteiger partial charge in [0, 0.05) is 24.8 Å². The van der Waals surface area contributed by atoms with Gasteiger partial charge < -0.3 is 9.64 Å². The standard InChI is InChI=1S/C14H23N3O/c1-16(2)13-5-8-17(9-6-13)11-12-4-7-15-14(10-12)18-3/h4,7,10,13H,5-6,8-9,11H2,1-3H3. The average molecular weight is 249 g/mol. The first-order valence-electron chi connectivity index (χ1n) is 6.56. The van der Waals surface area contributed by atoms with Gasteiger partial charge in [0.25, 0.3) is 0 Å². The molecular weight excluding hydrogens is 226 g/mol. The minimum atomic E-state index is 0.704. The Hall–Kier alpha value is -1.13. The number of likely N-dealkylation sites (tertiary alicyclic amines) is 1. The van der Waals surface area contributed by atoms with E-state index < -0.39 is 0 Å². The lowest BCUT2D eigenvalue weighted by atomic mass is 10.0. The molecule has 4 nitrogen and oxygen atoms in total. The average Bonchev–Trinajstić information content (AvgIpc) is 2.39. The lowest BCUT2D eigenvalue weighted by Gasteiger charge is -2.35. The van der Waals surface area contributed by atoms with Crippen molar-refractivity contribution < 1.29 is 4.74 Å². The summed E-state index contributed by atoms with van der Waals surface area (Å²) >= 11 is 0. The van der Waals surface area contributed by atoms with Crippen LogP contribution in [0.2, 0.25) is 0 Å². The highest BCUT2D eigenvalue weighted by atomic mass is 16.5. The van der Waals surface area contributed by atoms with Gasteiger partial charge in [0.15, 0.2) is 0 Å². The van der Waals surface area contributed by atoms with Gasteiger partial charge in [-0.05, 0) is 51.7 Å². The van der Waals surface area contributed by atoms with Gasteiger partial charge in [0.2, 0.25) is 5.88 Å². The Morgan fingerprint density at radius 3 is 2.72 bits per heavy atom. The zero-order valence-electron chi connectivity index (χ0n) is 11.6. The Balaban J connectivity index is 1.87. The molecule has 1 saturated heterocycles. The maximum absolute atomic E-state index is 5.16. The lowest BCUT2D eigenvalue weighted by Crippen LogP contribution is -2.41. The van der Waals surface area contributed by atoms with Crippen LogP contribution in [-0.2, 0) is 6.54 Å². The van der Waals surface area contributed by atoms with Gasteiger partial charge in [-0.1, -0.05) is 0 Å². The van der Waals surface area contributed by atoms with E-state index in [0.717, 1.165) is 12.6 Å². The minimum absolute atomic E-state index is 0.704. The number of piperidine rings is 1. The number of methoxy groups -OCH3 is 1. The van der Waals surface area contributed by atoms with E-state index in [1.165, 1.54) is 31.5 Å². The van der Waals surface area contributed by atoms with Crippen LogP contribution >= 0.6 is 0 Å². The van der Waals surface area contributed by atoms with E-state index in [0.29, 0.717) is 5.88 Å². The molecule has 4 heteroatoms. The number of aromatic nitrogens is 1. The first kappa shape index (κ1) is 13.3. The summed E-state index contributed by atoms with van der Waals surface area (Å²) < 4.78 is 5.16. The first-order chi connectivity index (χ1) is 8.69. The molecule has 0 aliphatic carbocycles. The third-order valence-corrected chi connectivity index (χ3v) is 3.70. The number of rotatable bonds is 4. The quantitative estimate of drug-likeness (QED) is 0.810. The molecule has 100 valence electrons. The molecule has 1 aliphatic rings. The molecule has 0 radical (unpaired) electrons. The van der Waals surface area contributed by atoms with E-state index >= 15 is 0 Å². The fourth-order valence-electron chi connectivity index (χ4n) is 2.51. The van der Waals surface area contributed by atoms with Crippen LogP contribution in [0.25, 0.3) is 0 Å². The molecular formula is C14H23N3O. The normalized spacial score (nSPS) is 18.2. The van der Waals surface area contributed by atoms with Crippen molar-refractivity contribution in [3.63, 3.8) is 0 Å². The number of pyridine rings is 1. The lowest BCUT2D eigenvalue weighted by molar-refractivity contribution is 0.140. The summed E-state index contributed by atoms with van der Waals surface area (Å²) in [6.07, 6.45) is 4.34. The second-order valence-corrected chi connectivity index (χ2v) is 5.18. The van der Waals surface area contributed by atoms with Gasteiger partial charge in [0.05, 0.1) is 7.11 Å². The summed E-state index contributed by atoms with van der Waals surface area (Å²) in [5.74, 6) is 0.704. The van der Waals surface area contributed by atoms with Crippen molar-refractivity contribution in [3.8, 4) is 5.88 Å². The zero-order chi connectivity index (χ0) is 13.0. The number of hydrogen-bond acceptors (Lipinski definition) is 4.